The van der Waals surface area contributed by atoms with Gasteiger partial charge in [-0.3, -0.25) is 4.84 Å². The average Bonchev–Trinajstić information content (AvgIpc) is 2.64. The highest BCUT2D eigenvalue weighted by atomic mass is 28.4. The first-order chi connectivity index (χ1) is 15.6. The van der Waals surface area contributed by atoms with Gasteiger partial charge in [0.2, 0.25) is 0 Å². The van der Waals surface area contributed by atoms with E-state index in [-0.39, 0.29) is 34.2 Å². The van der Waals surface area contributed by atoms with Crippen LogP contribution in [0.5, 0.6) is 0 Å². The summed E-state index contributed by atoms with van der Waals surface area (Å²) in [5.74, 6) is 0.195. The first kappa shape index (κ1) is 32.3. The molecule has 1 saturated heterocycles. The minimum atomic E-state index is -2.42. The van der Waals surface area contributed by atoms with Crippen LogP contribution in [0.25, 0.3) is 0 Å². The van der Waals surface area contributed by atoms with Crippen molar-refractivity contribution in [2.24, 2.45) is 5.92 Å². The fraction of sp³-hybridized carbons (Fsp3) is 0.885. The van der Waals surface area contributed by atoms with Crippen molar-refractivity contribution in [3.05, 3.63) is 12.7 Å². The smallest absolute Gasteiger partial charge is 0.410 e. The number of hydroxylamine groups is 1. The summed E-state index contributed by atoms with van der Waals surface area (Å²) in [6.07, 6.45) is 2.94. The molecule has 2 N–H and O–H groups in total. The van der Waals surface area contributed by atoms with E-state index in [1.807, 2.05) is 38.8 Å². The Labute approximate surface area is 217 Å². The fourth-order valence-corrected chi connectivity index (χ4v) is 5.66. The second-order valence-corrected chi connectivity index (χ2v) is 23.1. The van der Waals surface area contributed by atoms with Crippen LogP contribution in [0.4, 0.5) is 4.79 Å². The molecule has 1 fully saturated rings. The molecular formula is C26H54N2O5Si2. The molecule has 0 radical (unpaired) electrons. The Hall–Kier alpha value is -0.716. The monoisotopic (exact) mass is 530 g/mol. The number of piperidine rings is 1. The van der Waals surface area contributed by atoms with E-state index in [1.54, 1.807) is 6.08 Å². The van der Waals surface area contributed by atoms with Crippen LogP contribution >= 0.6 is 0 Å². The van der Waals surface area contributed by atoms with Crippen molar-refractivity contribution in [3.8, 4) is 0 Å². The zero-order valence-electron chi connectivity index (χ0n) is 24.6. The van der Waals surface area contributed by atoms with Crippen molar-refractivity contribution >= 4 is 22.7 Å². The topological polar surface area (TPSA) is 80.3 Å². The van der Waals surface area contributed by atoms with E-state index in [9.17, 15) is 9.59 Å². The number of likely N-dealkylation sites (tertiary alicyclic amines) is 1. The summed E-state index contributed by atoms with van der Waals surface area (Å²) in [5, 5.41) is -0.121. The number of carbonyl (C=O) groups is 1. The molecule has 0 aliphatic carbocycles. The van der Waals surface area contributed by atoms with E-state index in [4.69, 9.17) is 14.0 Å². The highest BCUT2D eigenvalue weighted by Gasteiger charge is 2.47. The van der Waals surface area contributed by atoms with E-state index in [1.165, 1.54) is 0 Å². The lowest BCUT2D eigenvalue weighted by Crippen LogP contribution is -2.60. The predicted molar refractivity (Wildman–Crippen MR) is 149 cm³/mol. The minimum Gasteiger partial charge on any atom is -0.444 e. The molecule has 0 aromatic carbocycles. The molecule has 0 aromatic rings. The van der Waals surface area contributed by atoms with Crippen molar-refractivity contribution in [1.82, 2.24) is 10.4 Å². The molecule has 1 heterocycles. The molecule has 0 saturated carbocycles. The van der Waals surface area contributed by atoms with Crippen LogP contribution in [0, 0.1) is 5.92 Å². The quantitative estimate of drug-likeness (QED) is 0.154. The first-order valence-corrected chi connectivity index (χ1v) is 18.8. The summed E-state index contributed by atoms with van der Waals surface area (Å²) in [5.41, 5.74) is 2.60. The predicted octanol–water partition coefficient (Wildman–Crippen LogP) is 6.08. The molecule has 0 bridgehead atoms. The first-order valence-electron chi connectivity index (χ1n) is 13.0. The maximum atomic E-state index is 13.3. The third-order valence-electron chi connectivity index (χ3n) is 7.91. The molecule has 35 heavy (non-hydrogen) atoms. The van der Waals surface area contributed by atoms with Crippen molar-refractivity contribution in [2.45, 2.75) is 122 Å². The van der Waals surface area contributed by atoms with Crippen LogP contribution in [0.15, 0.2) is 12.7 Å². The fourth-order valence-electron chi connectivity index (χ4n) is 3.85. The van der Waals surface area contributed by atoms with Crippen LogP contribution in [0.2, 0.25) is 36.3 Å². The molecular weight excluding hydrogens is 476 g/mol. The SMILES string of the molecule is C=CCON[C@H]1CN(C(=O)OC(C)(C)C)[C@H](CO[Si](C)(C)C(C)(C)C)C[C@@H]1CC(C)(C)[Si](C)(C)O. The van der Waals surface area contributed by atoms with Crippen LogP contribution in [0.1, 0.15) is 68.2 Å². The van der Waals surface area contributed by atoms with E-state index in [0.717, 1.165) is 12.8 Å². The molecule has 1 rings (SSSR count). The second kappa shape index (κ2) is 11.8. The number of hydrogen-bond acceptors (Lipinski definition) is 6. The number of rotatable bonds is 10. The number of carbonyl (C=O) groups excluding carboxylic acids is 1. The van der Waals surface area contributed by atoms with Crippen LogP contribution in [-0.4, -0.2) is 69.9 Å². The van der Waals surface area contributed by atoms with Gasteiger partial charge in [-0.05, 0) is 75.8 Å². The number of ether oxygens (including phenoxy) is 1. The summed E-state index contributed by atoms with van der Waals surface area (Å²) in [6.45, 7) is 30.1. The van der Waals surface area contributed by atoms with E-state index in [0.29, 0.717) is 19.8 Å². The van der Waals surface area contributed by atoms with Gasteiger partial charge in [0, 0.05) is 6.54 Å². The molecule has 7 nitrogen and oxygen atoms in total. The lowest BCUT2D eigenvalue weighted by atomic mass is 9.81. The number of hydrogen-bond donors (Lipinski definition) is 2. The van der Waals surface area contributed by atoms with Gasteiger partial charge in [0.15, 0.2) is 16.6 Å². The number of nitrogens with zero attached hydrogens (tertiary/aromatic N) is 1. The Bertz CT molecular complexity index is 708. The normalized spacial score (nSPS) is 22.8. The van der Waals surface area contributed by atoms with E-state index < -0.39 is 22.2 Å². The van der Waals surface area contributed by atoms with Crippen molar-refractivity contribution in [3.63, 3.8) is 0 Å². The maximum absolute atomic E-state index is 13.3. The van der Waals surface area contributed by atoms with Crippen molar-refractivity contribution in [1.29, 1.82) is 0 Å². The van der Waals surface area contributed by atoms with Gasteiger partial charge in [-0.2, -0.15) is 5.48 Å². The van der Waals surface area contributed by atoms with Crippen LogP contribution in [-0.2, 0) is 14.0 Å². The molecule has 0 unspecified atom stereocenters. The van der Waals surface area contributed by atoms with Gasteiger partial charge in [0.25, 0.3) is 0 Å². The van der Waals surface area contributed by atoms with Gasteiger partial charge in [-0.15, -0.1) is 6.58 Å². The summed E-state index contributed by atoms with van der Waals surface area (Å²) < 4.78 is 12.4. The summed E-state index contributed by atoms with van der Waals surface area (Å²) in [4.78, 5) is 31.8. The van der Waals surface area contributed by atoms with Gasteiger partial charge in [-0.1, -0.05) is 40.7 Å². The zero-order chi connectivity index (χ0) is 27.5. The Balaban J connectivity index is 3.28. The summed E-state index contributed by atoms with van der Waals surface area (Å²) in [7, 11) is -4.42. The Kier molecular flexibility index (Phi) is 10.9. The average molecular weight is 531 g/mol. The third-order valence-corrected chi connectivity index (χ3v) is 15.9. The van der Waals surface area contributed by atoms with E-state index >= 15 is 0 Å². The van der Waals surface area contributed by atoms with Crippen molar-refractivity contribution < 1.29 is 23.6 Å². The molecule has 0 spiro atoms. The molecule has 1 amide bonds. The molecule has 206 valence electrons. The highest BCUT2D eigenvalue weighted by Crippen LogP contribution is 2.45. The lowest BCUT2D eigenvalue weighted by molar-refractivity contribution is -0.0467. The van der Waals surface area contributed by atoms with E-state index in [2.05, 4.69) is 59.8 Å². The molecule has 3 atom stereocenters. The Morgan fingerprint density at radius 1 is 1.11 bits per heavy atom. The highest BCUT2D eigenvalue weighted by molar-refractivity contribution is 6.74. The van der Waals surface area contributed by atoms with Crippen LogP contribution < -0.4 is 5.48 Å². The van der Waals surface area contributed by atoms with Crippen LogP contribution in [0.3, 0.4) is 0 Å². The maximum Gasteiger partial charge on any atom is 0.410 e. The minimum absolute atomic E-state index is 0.0783. The standard InChI is InChI=1S/C26H54N2O5Si2/c1-14-15-31-27-22-18-28(23(29)33-24(2,3)4)21(19-32-35(12,13)25(5,6)7)16-20(22)17-26(8,9)34(10,11)30/h14,20-22,27,30H,1,15-19H2,2-13H3/t20-,21+,22+/m1/s1. The lowest BCUT2D eigenvalue weighted by Gasteiger charge is -2.48. The van der Waals surface area contributed by atoms with Gasteiger partial charge in [-0.25, -0.2) is 4.79 Å². The van der Waals surface area contributed by atoms with Gasteiger partial charge in [0.1, 0.15) is 5.60 Å². The van der Waals surface area contributed by atoms with Crippen molar-refractivity contribution in [2.75, 3.05) is 19.8 Å². The Morgan fingerprint density at radius 2 is 1.69 bits per heavy atom. The molecule has 1 aliphatic heterocycles. The third kappa shape index (κ3) is 9.59. The zero-order valence-corrected chi connectivity index (χ0v) is 26.6. The second-order valence-electron chi connectivity index (χ2n) is 13.8. The number of amides is 1. The van der Waals surface area contributed by atoms with Gasteiger partial charge >= 0.3 is 6.09 Å². The largest absolute Gasteiger partial charge is 0.444 e. The van der Waals surface area contributed by atoms with Gasteiger partial charge < -0.3 is 18.9 Å². The Morgan fingerprint density at radius 3 is 2.14 bits per heavy atom. The summed E-state index contributed by atoms with van der Waals surface area (Å²) >= 11 is 0. The van der Waals surface area contributed by atoms with Gasteiger partial charge in [0.05, 0.1) is 25.3 Å². The number of nitrogens with one attached hydrogen (secondary N) is 1. The molecule has 0 aromatic heterocycles. The molecule has 9 heteroatoms. The summed E-state index contributed by atoms with van der Waals surface area (Å²) in [6, 6.07) is -0.206. The molecule has 1 aliphatic rings.